The van der Waals surface area contributed by atoms with Crippen molar-refractivity contribution in [2.75, 3.05) is 5.75 Å². The first kappa shape index (κ1) is 22.8. The molecule has 0 fully saturated rings. The summed E-state index contributed by atoms with van der Waals surface area (Å²) in [5.74, 6) is 0.561. The van der Waals surface area contributed by atoms with Crippen LogP contribution in [-0.4, -0.2) is 37.7 Å². The van der Waals surface area contributed by atoms with E-state index in [-0.39, 0.29) is 17.4 Å². The van der Waals surface area contributed by atoms with Gasteiger partial charge in [-0.15, -0.1) is 10.2 Å². The van der Waals surface area contributed by atoms with Crippen LogP contribution in [0.15, 0.2) is 83.1 Å². The van der Waals surface area contributed by atoms with Gasteiger partial charge in [0.05, 0.1) is 12.0 Å². The quantitative estimate of drug-likeness (QED) is 0.208. The third kappa shape index (κ3) is 5.92. The number of amides is 1. The molecule has 2 N–H and O–H groups in total. The molecule has 0 unspecified atom stereocenters. The SMILES string of the molecule is O=C(CSc1nnc(-c2ccc(Cl)cc2)n1-c1ccc(Cl)cc1)N/N=C/c1ccc(O)cc1. The van der Waals surface area contributed by atoms with E-state index in [2.05, 4.69) is 20.7 Å². The summed E-state index contributed by atoms with van der Waals surface area (Å²) in [6, 6.07) is 21.0. The van der Waals surface area contributed by atoms with Crippen LogP contribution in [0, 0.1) is 0 Å². The number of thioether (sulfide) groups is 1. The minimum Gasteiger partial charge on any atom is -0.508 e. The first-order valence-corrected chi connectivity index (χ1v) is 11.4. The molecule has 1 amide bonds. The zero-order valence-electron chi connectivity index (χ0n) is 17.0. The number of halogens is 2. The molecule has 4 rings (SSSR count). The summed E-state index contributed by atoms with van der Waals surface area (Å²) in [7, 11) is 0. The number of rotatable bonds is 7. The fourth-order valence-corrected chi connectivity index (χ4v) is 3.87. The Bertz CT molecular complexity index is 1270. The number of hydrazone groups is 1. The van der Waals surface area contributed by atoms with Crippen LogP contribution in [0.25, 0.3) is 17.1 Å². The maximum atomic E-state index is 12.3. The Morgan fingerprint density at radius 3 is 2.27 bits per heavy atom. The van der Waals surface area contributed by atoms with E-state index < -0.39 is 0 Å². The summed E-state index contributed by atoms with van der Waals surface area (Å²) in [4.78, 5) is 12.3. The molecular weight excluding hydrogens is 481 g/mol. The van der Waals surface area contributed by atoms with Crippen LogP contribution in [0.2, 0.25) is 10.0 Å². The number of nitrogens with one attached hydrogen (secondary N) is 1. The van der Waals surface area contributed by atoms with Crippen molar-refractivity contribution < 1.29 is 9.90 Å². The summed E-state index contributed by atoms with van der Waals surface area (Å²) in [5.41, 5.74) is 4.87. The van der Waals surface area contributed by atoms with Crippen molar-refractivity contribution in [3.05, 3.63) is 88.4 Å². The molecule has 10 heteroatoms. The monoisotopic (exact) mass is 497 g/mol. The number of hydrogen-bond acceptors (Lipinski definition) is 6. The van der Waals surface area contributed by atoms with E-state index in [0.717, 1.165) is 16.8 Å². The third-order valence-corrected chi connectivity index (χ3v) is 5.88. The number of phenols is 1. The summed E-state index contributed by atoms with van der Waals surface area (Å²) in [5, 5.41) is 23.7. The highest BCUT2D eigenvalue weighted by Gasteiger charge is 2.17. The molecule has 33 heavy (non-hydrogen) atoms. The van der Waals surface area contributed by atoms with Crippen molar-refractivity contribution >= 4 is 47.1 Å². The van der Waals surface area contributed by atoms with E-state index in [4.69, 9.17) is 23.2 Å². The second kappa shape index (κ2) is 10.5. The van der Waals surface area contributed by atoms with E-state index in [1.807, 2.05) is 28.8 Å². The van der Waals surface area contributed by atoms with E-state index in [0.29, 0.717) is 21.0 Å². The molecule has 0 aliphatic carbocycles. The Balaban J connectivity index is 1.51. The second-order valence-corrected chi connectivity index (χ2v) is 8.61. The van der Waals surface area contributed by atoms with Gasteiger partial charge in [-0.3, -0.25) is 9.36 Å². The summed E-state index contributed by atoms with van der Waals surface area (Å²) < 4.78 is 1.86. The van der Waals surface area contributed by atoms with Gasteiger partial charge in [-0.25, -0.2) is 5.43 Å². The number of benzene rings is 3. The molecule has 0 spiro atoms. The smallest absolute Gasteiger partial charge is 0.250 e. The fourth-order valence-electron chi connectivity index (χ4n) is 2.87. The lowest BCUT2D eigenvalue weighted by Crippen LogP contribution is -2.20. The predicted octanol–water partition coefficient (Wildman–Crippen LogP) is 5.19. The van der Waals surface area contributed by atoms with Crippen LogP contribution in [0.1, 0.15) is 5.56 Å². The van der Waals surface area contributed by atoms with Gasteiger partial charge in [0.15, 0.2) is 11.0 Å². The van der Waals surface area contributed by atoms with Crippen molar-refractivity contribution in [3.63, 3.8) is 0 Å². The van der Waals surface area contributed by atoms with Crippen molar-refractivity contribution in [1.82, 2.24) is 20.2 Å². The number of carbonyl (C=O) groups excluding carboxylic acids is 1. The Morgan fingerprint density at radius 1 is 0.970 bits per heavy atom. The highest BCUT2D eigenvalue weighted by Crippen LogP contribution is 2.29. The molecular formula is C23H17Cl2N5O2S. The normalized spacial score (nSPS) is 11.1. The standard InChI is InChI=1S/C23H17Cl2N5O2S/c24-17-5-3-16(4-6-17)22-28-29-23(30(22)19-9-7-18(25)8-10-19)33-14-21(32)27-26-13-15-1-11-20(31)12-2-15/h1-13,31H,14H2,(H,27,32)/b26-13+. The molecule has 0 radical (unpaired) electrons. The number of carbonyl (C=O) groups is 1. The van der Waals surface area contributed by atoms with E-state index >= 15 is 0 Å². The molecule has 4 aromatic rings. The highest BCUT2D eigenvalue weighted by atomic mass is 35.5. The lowest BCUT2D eigenvalue weighted by molar-refractivity contribution is -0.118. The molecule has 1 heterocycles. The second-order valence-electron chi connectivity index (χ2n) is 6.80. The van der Waals surface area contributed by atoms with Gasteiger partial charge in [-0.2, -0.15) is 5.10 Å². The number of aromatic nitrogens is 3. The Kier molecular flexibility index (Phi) is 7.29. The van der Waals surface area contributed by atoms with Gasteiger partial charge in [0.1, 0.15) is 5.75 Å². The Labute approximate surface area is 204 Å². The van der Waals surface area contributed by atoms with Crippen LogP contribution >= 0.6 is 35.0 Å². The Hall–Kier alpha value is -3.33. The van der Waals surface area contributed by atoms with E-state index in [1.165, 1.54) is 18.0 Å². The van der Waals surface area contributed by atoms with Gasteiger partial charge in [-0.05, 0) is 78.4 Å². The summed E-state index contributed by atoms with van der Waals surface area (Å²) in [6.07, 6.45) is 1.50. The molecule has 0 atom stereocenters. The van der Waals surface area contributed by atoms with Crippen LogP contribution in [0.4, 0.5) is 0 Å². The molecule has 0 aliphatic rings. The largest absolute Gasteiger partial charge is 0.508 e. The minimum atomic E-state index is -0.297. The minimum absolute atomic E-state index is 0.0826. The summed E-state index contributed by atoms with van der Waals surface area (Å²) >= 11 is 13.3. The topological polar surface area (TPSA) is 92.4 Å². The lowest BCUT2D eigenvalue weighted by atomic mass is 10.2. The average molecular weight is 498 g/mol. The molecule has 0 saturated carbocycles. The average Bonchev–Trinajstić information content (AvgIpc) is 3.24. The first-order valence-electron chi connectivity index (χ1n) is 9.70. The van der Waals surface area contributed by atoms with E-state index in [1.54, 1.807) is 48.5 Å². The number of phenolic OH excluding ortho intramolecular Hbond substituents is 1. The van der Waals surface area contributed by atoms with Crippen molar-refractivity contribution in [2.24, 2.45) is 5.10 Å². The molecule has 3 aromatic carbocycles. The van der Waals surface area contributed by atoms with Crippen LogP contribution < -0.4 is 5.43 Å². The molecule has 1 aromatic heterocycles. The van der Waals surface area contributed by atoms with Gasteiger partial charge in [0.2, 0.25) is 0 Å². The molecule has 0 bridgehead atoms. The van der Waals surface area contributed by atoms with Gasteiger partial charge < -0.3 is 5.11 Å². The predicted molar refractivity (Wildman–Crippen MR) is 131 cm³/mol. The van der Waals surface area contributed by atoms with Gasteiger partial charge in [0.25, 0.3) is 5.91 Å². The van der Waals surface area contributed by atoms with E-state index in [9.17, 15) is 9.90 Å². The van der Waals surface area contributed by atoms with Gasteiger partial charge >= 0.3 is 0 Å². The third-order valence-electron chi connectivity index (χ3n) is 4.45. The Morgan fingerprint density at radius 2 is 1.61 bits per heavy atom. The van der Waals surface area contributed by atoms with Crippen LogP contribution in [0.5, 0.6) is 5.75 Å². The number of nitrogens with zero attached hydrogens (tertiary/aromatic N) is 4. The van der Waals surface area contributed by atoms with Crippen LogP contribution in [0.3, 0.4) is 0 Å². The fraction of sp³-hybridized carbons (Fsp3) is 0.0435. The summed E-state index contributed by atoms with van der Waals surface area (Å²) in [6.45, 7) is 0. The van der Waals surface area contributed by atoms with Crippen molar-refractivity contribution in [1.29, 1.82) is 0 Å². The van der Waals surface area contributed by atoms with Gasteiger partial charge in [-0.1, -0.05) is 35.0 Å². The molecule has 0 saturated heterocycles. The lowest BCUT2D eigenvalue weighted by Gasteiger charge is -2.10. The molecule has 0 aliphatic heterocycles. The maximum absolute atomic E-state index is 12.3. The zero-order valence-corrected chi connectivity index (χ0v) is 19.3. The van der Waals surface area contributed by atoms with Crippen LogP contribution in [-0.2, 0) is 4.79 Å². The van der Waals surface area contributed by atoms with Crippen molar-refractivity contribution in [3.8, 4) is 22.8 Å². The number of hydrogen-bond donors (Lipinski definition) is 2. The molecule has 166 valence electrons. The highest BCUT2D eigenvalue weighted by molar-refractivity contribution is 7.99. The van der Waals surface area contributed by atoms with Gasteiger partial charge in [0, 0.05) is 21.3 Å². The first-order chi connectivity index (χ1) is 16.0. The van der Waals surface area contributed by atoms with Crippen molar-refractivity contribution in [2.45, 2.75) is 5.16 Å². The zero-order chi connectivity index (χ0) is 23.2. The number of aromatic hydroxyl groups is 1. The molecule has 7 nitrogen and oxygen atoms in total. The maximum Gasteiger partial charge on any atom is 0.250 e.